The minimum absolute atomic E-state index is 0.0358. The molecule has 3 aromatic rings. The number of benzene rings is 2. The number of nitrogens with zero attached hydrogens (tertiary/aromatic N) is 2. The first-order chi connectivity index (χ1) is 14.7. The van der Waals surface area contributed by atoms with Gasteiger partial charge >= 0.3 is 6.18 Å². The van der Waals surface area contributed by atoms with Gasteiger partial charge in [-0.1, -0.05) is 0 Å². The lowest BCUT2D eigenvalue weighted by Crippen LogP contribution is -2.14. The molecule has 0 aliphatic heterocycles. The van der Waals surface area contributed by atoms with Gasteiger partial charge in [-0.2, -0.15) is 18.4 Å². The normalized spacial score (nSPS) is 11.1. The maximum atomic E-state index is 13.3. The molecule has 0 saturated heterocycles. The highest BCUT2D eigenvalue weighted by atomic mass is 19.4. The molecule has 1 aromatic heterocycles. The minimum atomic E-state index is -4.69. The van der Waals surface area contributed by atoms with Crippen molar-refractivity contribution in [3.8, 4) is 28.8 Å². The number of nitrogens with two attached hydrogens (primary N) is 1. The number of hydrogen-bond acceptors (Lipinski definition) is 5. The van der Waals surface area contributed by atoms with Gasteiger partial charge in [0.15, 0.2) is 0 Å². The molecular weight excluding hydrogens is 411 g/mol. The zero-order valence-corrected chi connectivity index (χ0v) is 16.0. The van der Waals surface area contributed by atoms with Crippen LogP contribution in [0.1, 0.15) is 27.2 Å². The van der Waals surface area contributed by atoms with Crippen LogP contribution >= 0.6 is 0 Å². The van der Waals surface area contributed by atoms with E-state index in [9.17, 15) is 18.0 Å². The molecule has 3 N–H and O–H groups in total. The lowest BCUT2D eigenvalue weighted by atomic mass is 10.1. The van der Waals surface area contributed by atoms with Crippen molar-refractivity contribution in [1.29, 1.82) is 5.26 Å². The lowest BCUT2D eigenvalue weighted by molar-refractivity contribution is -0.138. The molecule has 0 spiro atoms. The fourth-order valence-corrected chi connectivity index (χ4v) is 2.87. The highest BCUT2D eigenvalue weighted by molar-refractivity contribution is 5.91. The van der Waals surface area contributed by atoms with E-state index in [1.54, 1.807) is 24.3 Å². The van der Waals surface area contributed by atoms with Crippen molar-refractivity contribution in [2.75, 3.05) is 6.61 Å². The molecule has 158 valence electrons. The minimum Gasteiger partial charge on any atom is -0.457 e. The van der Waals surface area contributed by atoms with Gasteiger partial charge in [0.25, 0.3) is 5.91 Å². The van der Waals surface area contributed by atoms with Crippen molar-refractivity contribution in [3.63, 3.8) is 0 Å². The van der Waals surface area contributed by atoms with Gasteiger partial charge in [0, 0.05) is 12.2 Å². The molecule has 0 atom stereocenters. The van der Waals surface area contributed by atoms with Crippen molar-refractivity contribution in [1.82, 2.24) is 4.98 Å². The van der Waals surface area contributed by atoms with E-state index in [1.165, 1.54) is 24.3 Å². The SMILES string of the molecule is N#Cc1ccc(Oc2ccc(-c3cc(CCO)cc(C(N)=O)n3)cc2)c(C(F)(F)F)c1. The van der Waals surface area contributed by atoms with Crippen LogP contribution in [0.25, 0.3) is 11.3 Å². The second-order valence-corrected chi connectivity index (χ2v) is 6.53. The summed E-state index contributed by atoms with van der Waals surface area (Å²) in [5.41, 5.74) is 5.81. The highest BCUT2D eigenvalue weighted by Gasteiger charge is 2.35. The van der Waals surface area contributed by atoms with Gasteiger partial charge in [0.1, 0.15) is 17.2 Å². The number of aromatic nitrogens is 1. The lowest BCUT2D eigenvalue weighted by Gasteiger charge is -2.14. The molecule has 6 nitrogen and oxygen atoms in total. The van der Waals surface area contributed by atoms with Crippen LogP contribution in [0.15, 0.2) is 54.6 Å². The Labute approximate surface area is 175 Å². The van der Waals surface area contributed by atoms with Gasteiger partial charge in [-0.15, -0.1) is 0 Å². The van der Waals surface area contributed by atoms with E-state index in [0.717, 1.165) is 12.1 Å². The van der Waals surface area contributed by atoms with Crippen molar-refractivity contribution >= 4 is 5.91 Å². The maximum absolute atomic E-state index is 13.3. The summed E-state index contributed by atoms with van der Waals surface area (Å²) >= 11 is 0. The molecule has 0 saturated carbocycles. The van der Waals surface area contributed by atoms with E-state index in [0.29, 0.717) is 23.2 Å². The fraction of sp³-hybridized carbons (Fsp3) is 0.136. The van der Waals surface area contributed by atoms with Crippen LogP contribution in [-0.2, 0) is 12.6 Å². The van der Waals surface area contributed by atoms with Gasteiger partial charge < -0.3 is 15.6 Å². The highest BCUT2D eigenvalue weighted by Crippen LogP contribution is 2.39. The fourth-order valence-electron chi connectivity index (χ4n) is 2.87. The van der Waals surface area contributed by atoms with Gasteiger partial charge in [-0.3, -0.25) is 4.79 Å². The number of halogens is 3. The summed E-state index contributed by atoms with van der Waals surface area (Å²) in [6.45, 7) is -0.124. The number of aliphatic hydroxyl groups excluding tert-OH is 1. The molecule has 0 bridgehead atoms. The Morgan fingerprint density at radius 1 is 1.13 bits per heavy atom. The number of primary amides is 1. The summed E-state index contributed by atoms with van der Waals surface area (Å²) < 4.78 is 45.3. The predicted octanol–water partition coefficient (Wildman–Crippen LogP) is 4.07. The molecular formula is C22H16F3N3O3. The van der Waals surface area contributed by atoms with Crippen LogP contribution < -0.4 is 10.5 Å². The molecule has 0 radical (unpaired) electrons. The Kier molecular flexibility index (Phi) is 6.22. The monoisotopic (exact) mass is 427 g/mol. The average Bonchev–Trinajstić information content (AvgIpc) is 2.74. The average molecular weight is 427 g/mol. The summed E-state index contributed by atoms with van der Waals surface area (Å²) in [5.74, 6) is -1.01. The number of carbonyl (C=O) groups is 1. The summed E-state index contributed by atoms with van der Waals surface area (Å²) in [7, 11) is 0. The molecule has 1 amide bonds. The van der Waals surface area contributed by atoms with Crippen LogP contribution in [0, 0.1) is 11.3 Å². The Balaban J connectivity index is 1.92. The molecule has 0 aliphatic carbocycles. The summed E-state index contributed by atoms with van der Waals surface area (Å²) in [4.78, 5) is 15.7. The molecule has 9 heteroatoms. The zero-order chi connectivity index (χ0) is 22.6. The Morgan fingerprint density at radius 3 is 2.42 bits per heavy atom. The maximum Gasteiger partial charge on any atom is 0.420 e. The second-order valence-electron chi connectivity index (χ2n) is 6.53. The summed E-state index contributed by atoms with van der Waals surface area (Å²) in [6, 6.07) is 14.0. The van der Waals surface area contributed by atoms with Crippen LogP contribution in [0.4, 0.5) is 13.2 Å². The van der Waals surface area contributed by atoms with Crippen LogP contribution in [0.3, 0.4) is 0 Å². The molecule has 31 heavy (non-hydrogen) atoms. The Hall–Kier alpha value is -3.90. The van der Waals surface area contributed by atoms with E-state index in [2.05, 4.69) is 4.98 Å². The van der Waals surface area contributed by atoms with Crippen molar-refractivity contribution in [2.24, 2.45) is 5.73 Å². The third kappa shape index (κ3) is 5.18. The molecule has 3 rings (SSSR count). The predicted molar refractivity (Wildman–Crippen MR) is 105 cm³/mol. The van der Waals surface area contributed by atoms with E-state index in [-0.39, 0.29) is 23.6 Å². The van der Waals surface area contributed by atoms with Gasteiger partial charge in [-0.05, 0) is 66.6 Å². The first-order valence-corrected chi connectivity index (χ1v) is 9.02. The number of alkyl halides is 3. The van der Waals surface area contributed by atoms with Crippen molar-refractivity contribution < 1.29 is 27.8 Å². The molecule has 1 heterocycles. The van der Waals surface area contributed by atoms with E-state index >= 15 is 0 Å². The first kappa shape index (κ1) is 21.8. The molecule has 2 aromatic carbocycles. The van der Waals surface area contributed by atoms with Crippen LogP contribution in [0.2, 0.25) is 0 Å². The Bertz CT molecular complexity index is 1150. The molecule has 0 aliphatic rings. The number of ether oxygens (including phenoxy) is 1. The number of nitriles is 1. The number of pyridine rings is 1. The standard InChI is InChI=1S/C22H16F3N3O3/c23-22(24,25)17-9-14(12-26)1-6-20(17)31-16-4-2-15(3-5-16)18-10-13(7-8-29)11-19(28-18)21(27)30/h1-6,9-11,29H,7-8H2,(H2,27,30). The summed E-state index contributed by atoms with van der Waals surface area (Å²) in [6.07, 6.45) is -4.39. The smallest absolute Gasteiger partial charge is 0.420 e. The quantitative estimate of drug-likeness (QED) is 0.617. The number of amides is 1. The first-order valence-electron chi connectivity index (χ1n) is 9.02. The van der Waals surface area contributed by atoms with Gasteiger partial charge in [0.2, 0.25) is 0 Å². The van der Waals surface area contributed by atoms with Crippen molar-refractivity contribution in [3.05, 3.63) is 77.0 Å². The van der Waals surface area contributed by atoms with Crippen LogP contribution in [-0.4, -0.2) is 22.6 Å². The zero-order valence-electron chi connectivity index (χ0n) is 16.0. The largest absolute Gasteiger partial charge is 0.457 e. The number of carbonyl (C=O) groups excluding carboxylic acids is 1. The Morgan fingerprint density at radius 2 is 1.84 bits per heavy atom. The third-order valence-corrected chi connectivity index (χ3v) is 4.33. The molecule has 0 fully saturated rings. The third-order valence-electron chi connectivity index (χ3n) is 4.33. The van der Waals surface area contributed by atoms with E-state index in [1.807, 2.05) is 0 Å². The van der Waals surface area contributed by atoms with Crippen LogP contribution in [0.5, 0.6) is 11.5 Å². The van der Waals surface area contributed by atoms with E-state index < -0.39 is 23.4 Å². The van der Waals surface area contributed by atoms with E-state index in [4.69, 9.17) is 20.8 Å². The number of aliphatic hydroxyl groups is 1. The van der Waals surface area contributed by atoms with Gasteiger partial charge in [-0.25, -0.2) is 4.98 Å². The number of hydrogen-bond donors (Lipinski definition) is 2. The molecule has 0 unspecified atom stereocenters. The number of rotatable bonds is 6. The second kappa shape index (κ2) is 8.85. The van der Waals surface area contributed by atoms with Crippen molar-refractivity contribution in [2.45, 2.75) is 12.6 Å². The topological polar surface area (TPSA) is 109 Å². The van der Waals surface area contributed by atoms with Gasteiger partial charge in [0.05, 0.1) is 22.9 Å². The summed E-state index contributed by atoms with van der Waals surface area (Å²) in [5, 5.41) is 18.0.